The van der Waals surface area contributed by atoms with Crippen molar-refractivity contribution in [2.45, 2.75) is 70.9 Å². The highest BCUT2D eigenvalue weighted by Gasteiger charge is 2.41. The number of carbonyl (C=O) groups is 2. The number of Topliss-reactive ketones (excluding diaryl/α,β-unsaturated/α-hetero) is 1. The Morgan fingerprint density at radius 1 is 1.15 bits per heavy atom. The average molecular weight is 481 g/mol. The summed E-state index contributed by atoms with van der Waals surface area (Å²) in [5.74, 6) is -0.300. The lowest BCUT2D eigenvalue weighted by Gasteiger charge is -2.27. The van der Waals surface area contributed by atoms with Gasteiger partial charge in [0.2, 0.25) is 0 Å². The summed E-state index contributed by atoms with van der Waals surface area (Å²) in [6, 6.07) is 3.04. The van der Waals surface area contributed by atoms with E-state index in [0.29, 0.717) is 16.8 Å². The van der Waals surface area contributed by atoms with Crippen molar-refractivity contribution in [3.63, 3.8) is 0 Å². The number of amides is 1. The summed E-state index contributed by atoms with van der Waals surface area (Å²) in [6.07, 6.45) is -3.65. The third kappa shape index (κ3) is 6.30. The van der Waals surface area contributed by atoms with E-state index < -0.39 is 35.8 Å². The summed E-state index contributed by atoms with van der Waals surface area (Å²) in [5.41, 5.74) is 0.683. The first-order valence-electron chi connectivity index (χ1n) is 10.9. The molecule has 10 heteroatoms. The van der Waals surface area contributed by atoms with Crippen LogP contribution in [-0.4, -0.2) is 51.1 Å². The lowest BCUT2D eigenvalue weighted by molar-refractivity contribution is -0.141. The average Bonchev–Trinajstić information content (AvgIpc) is 3.13. The number of nitrogens with zero attached hydrogens (tertiary/aromatic N) is 3. The van der Waals surface area contributed by atoms with Gasteiger partial charge in [-0.2, -0.15) is 13.2 Å². The molecule has 1 aliphatic heterocycles. The van der Waals surface area contributed by atoms with Crippen LogP contribution in [0.15, 0.2) is 30.6 Å². The highest BCUT2D eigenvalue weighted by atomic mass is 19.4. The van der Waals surface area contributed by atoms with E-state index in [1.807, 2.05) is 0 Å². The quantitative estimate of drug-likeness (QED) is 0.541. The molecule has 2 aromatic heterocycles. The Kier molecular flexibility index (Phi) is 7.28. The molecular formula is C24H27F4N3O3. The SMILES string of the molecule is Cc1cnc(CCC(=O)[C@@H]2C[C@@H](F)CN2C(=O)OC(C)(C)C)cc1-c1ccc(C(F)(F)F)nc1. The molecule has 1 aliphatic rings. The molecule has 3 heterocycles. The van der Waals surface area contributed by atoms with Gasteiger partial charge in [-0.25, -0.2) is 9.18 Å². The number of halogens is 4. The number of aromatic nitrogens is 2. The van der Waals surface area contributed by atoms with E-state index in [9.17, 15) is 27.2 Å². The molecule has 0 N–H and O–H groups in total. The van der Waals surface area contributed by atoms with Gasteiger partial charge < -0.3 is 4.74 Å². The second-order valence-corrected chi connectivity index (χ2v) is 9.37. The fourth-order valence-electron chi connectivity index (χ4n) is 3.77. The number of alkyl halides is 4. The van der Waals surface area contributed by atoms with E-state index >= 15 is 0 Å². The zero-order valence-corrected chi connectivity index (χ0v) is 19.4. The fraction of sp³-hybridized carbons (Fsp3) is 0.500. The lowest BCUT2D eigenvalue weighted by atomic mass is 9.99. The van der Waals surface area contributed by atoms with Gasteiger partial charge in [0.05, 0.1) is 12.6 Å². The maximum atomic E-state index is 14.0. The van der Waals surface area contributed by atoms with Gasteiger partial charge in [0.25, 0.3) is 0 Å². The van der Waals surface area contributed by atoms with E-state index in [-0.39, 0.29) is 31.6 Å². The van der Waals surface area contributed by atoms with Gasteiger partial charge in [0, 0.05) is 36.5 Å². The first-order chi connectivity index (χ1) is 15.7. The van der Waals surface area contributed by atoms with Crippen LogP contribution in [0.3, 0.4) is 0 Å². The van der Waals surface area contributed by atoms with Gasteiger partial charge in [-0.15, -0.1) is 0 Å². The fourth-order valence-corrected chi connectivity index (χ4v) is 3.77. The molecule has 34 heavy (non-hydrogen) atoms. The van der Waals surface area contributed by atoms with Crippen LogP contribution in [0, 0.1) is 6.92 Å². The van der Waals surface area contributed by atoms with Crippen molar-refractivity contribution in [1.82, 2.24) is 14.9 Å². The summed E-state index contributed by atoms with van der Waals surface area (Å²) in [7, 11) is 0. The maximum Gasteiger partial charge on any atom is 0.433 e. The number of carbonyl (C=O) groups excluding carboxylic acids is 2. The Balaban J connectivity index is 1.70. The van der Waals surface area contributed by atoms with Crippen LogP contribution >= 0.6 is 0 Å². The predicted molar refractivity (Wildman–Crippen MR) is 117 cm³/mol. The van der Waals surface area contributed by atoms with Crippen LogP contribution in [0.5, 0.6) is 0 Å². The molecule has 0 bridgehead atoms. The number of aryl methyl sites for hydroxylation is 2. The Morgan fingerprint density at radius 3 is 2.44 bits per heavy atom. The molecule has 3 rings (SSSR count). The van der Waals surface area contributed by atoms with E-state index in [0.717, 1.165) is 22.7 Å². The molecule has 0 spiro atoms. The number of likely N-dealkylation sites (tertiary alicyclic amines) is 1. The maximum absolute atomic E-state index is 14.0. The Morgan fingerprint density at radius 2 is 1.85 bits per heavy atom. The van der Waals surface area contributed by atoms with E-state index in [2.05, 4.69) is 9.97 Å². The summed E-state index contributed by atoms with van der Waals surface area (Å²) < 4.78 is 57.7. The number of ketones is 1. The third-order valence-electron chi connectivity index (χ3n) is 5.40. The predicted octanol–water partition coefficient (Wildman–Crippen LogP) is 5.32. The number of hydrogen-bond acceptors (Lipinski definition) is 5. The second-order valence-electron chi connectivity index (χ2n) is 9.37. The monoisotopic (exact) mass is 481 g/mol. The smallest absolute Gasteiger partial charge is 0.433 e. The normalized spacial score (nSPS) is 18.8. The molecule has 184 valence electrons. The van der Waals surface area contributed by atoms with Crippen LogP contribution in [0.1, 0.15) is 50.6 Å². The zero-order chi connectivity index (χ0) is 25.3. The summed E-state index contributed by atoms with van der Waals surface area (Å²) in [6.45, 7) is 6.65. The third-order valence-corrected chi connectivity index (χ3v) is 5.40. The van der Waals surface area contributed by atoms with Crippen molar-refractivity contribution in [3.05, 3.63) is 47.5 Å². The molecular weight excluding hydrogens is 454 g/mol. The minimum atomic E-state index is -4.52. The van der Waals surface area contributed by atoms with Crippen LogP contribution in [0.25, 0.3) is 11.1 Å². The van der Waals surface area contributed by atoms with Crippen LogP contribution in [0.2, 0.25) is 0 Å². The van der Waals surface area contributed by atoms with E-state index in [4.69, 9.17) is 4.74 Å². The second kappa shape index (κ2) is 9.68. The first-order valence-corrected chi connectivity index (χ1v) is 10.9. The van der Waals surface area contributed by atoms with Crippen molar-refractivity contribution < 1.29 is 31.9 Å². The summed E-state index contributed by atoms with van der Waals surface area (Å²) in [4.78, 5) is 34.2. The molecule has 0 unspecified atom stereocenters. The molecule has 2 atom stereocenters. The highest BCUT2D eigenvalue weighted by Crippen LogP contribution is 2.30. The number of hydrogen-bond donors (Lipinski definition) is 0. The number of rotatable bonds is 5. The van der Waals surface area contributed by atoms with Gasteiger partial charge in [-0.3, -0.25) is 19.7 Å². The van der Waals surface area contributed by atoms with Crippen LogP contribution in [0.4, 0.5) is 22.4 Å². The summed E-state index contributed by atoms with van der Waals surface area (Å²) in [5, 5.41) is 0. The van der Waals surface area contributed by atoms with Gasteiger partial charge in [-0.05, 0) is 57.4 Å². The molecule has 1 fully saturated rings. The van der Waals surface area contributed by atoms with Gasteiger partial charge in [0.15, 0.2) is 5.78 Å². The Bertz CT molecular complexity index is 1050. The van der Waals surface area contributed by atoms with Crippen molar-refractivity contribution in [2.24, 2.45) is 0 Å². The topological polar surface area (TPSA) is 72.4 Å². The minimum Gasteiger partial charge on any atom is -0.444 e. The highest BCUT2D eigenvalue weighted by molar-refractivity contribution is 5.88. The van der Waals surface area contributed by atoms with Crippen molar-refractivity contribution in [1.29, 1.82) is 0 Å². The van der Waals surface area contributed by atoms with Gasteiger partial charge >= 0.3 is 12.3 Å². The molecule has 0 saturated carbocycles. The summed E-state index contributed by atoms with van der Waals surface area (Å²) >= 11 is 0. The molecule has 1 saturated heterocycles. The van der Waals surface area contributed by atoms with E-state index in [1.165, 1.54) is 6.07 Å². The van der Waals surface area contributed by atoms with Crippen molar-refractivity contribution >= 4 is 11.9 Å². The molecule has 0 aromatic carbocycles. The van der Waals surface area contributed by atoms with Crippen molar-refractivity contribution in [2.75, 3.05) is 6.54 Å². The number of ether oxygens (including phenoxy) is 1. The van der Waals surface area contributed by atoms with Gasteiger partial charge in [0.1, 0.15) is 17.5 Å². The number of pyridine rings is 2. The standard InChI is InChI=1S/C24H27F4N3O3/c1-14-11-29-17(10-18(14)15-5-8-21(30-12-15)24(26,27)28)6-7-20(32)19-9-16(25)13-31(19)22(33)34-23(2,3)4/h5,8,10-12,16,19H,6-7,9,13H2,1-4H3/t16-,19+/m1/s1. The first kappa shape index (κ1) is 25.6. The molecule has 0 aliphatic carbocycles. The largest absolute Gasteiger partial charge is 0.444 e. The molecule has 6 nitrogen and oxygen atoms in total. The van der Waals surface area contributed by atoms with Crippen molar-refractivity contribution in [3.8, 4) is 11.1 Å². The minimum absolute atomic E-state index is 0.0252. The van der Waals surface area contributed by atoms with Gasteiger partial charge in [-0.1, -0.05) is 6.07 Å². The molecule has 0 radical (unpaired) electrons. The van der Waals surface area contributed by atoms with Crippen LogP contribution in [-0.2, 0) is 22.1 Å². The Hall–Kier alpha value is -3.04. The molecule has 1 amide bonds. The zero-order valence-electron chi connectivity index (χ0n) is 19.4. The van der Waals surface area contributed by atoms with Crippen LogP contribution < -0.4 is 0 Å². The lowest BCUT2D eigenvalue weighted by Crippen LogP contribution is -2.43. The Labute approximate surface area is 195 Å². The van der Waals surface area contributed by atoms with E-state index in [1.54, 1.807) is 40.0 Å². The molecule has 2 aromatic rings.